The summed E-state index contributed by atoms with van der Waals surface area (Å²) in [5.41, 5.74) is 17.0. The van der Waals surface area contributed by atoms with Crippen LogP contribution in [-0.4, -0.2) is 4.98 Å². The topological polar surface area (TPSA) is 16.1 Å². The predicted molar refractivity (Wildman–Crippen MR) is 213 cm³/mol. The van der Waals surface area contributed by atoms with Crippen molar-refractivity contribution in [1.29, 1.82) is 0 Å². The second-order valence-electron chi connectivity index (χ2n) is 13.5. The van der Waals surface area contributed by atoms with Crippen LogP contribution in [0.5, 0.6) is 0 Å². The molecule has 7 aromatic carbocycles. The van der Waals surface area contributed by atoms with Gasteiger partial charge in [0.25, 0.3) is 0 Å². The van der Waals surface area contributed by atoms with Gasteiger partial charge < -0.3 is 4.90 Å². The third-order valence-electron chi connectivity index (χ3n) is 10.6. The zero-order valence-electron chi connectivity index (χ0n) is 28.1. The lowest BCUT2D eigenvalue weighted by Crippen LogP contribution is -2.16. The molecule has 1 aliphatic heterocycles. The molecule has 1 aliphatic carbocycles. The van der Waals surface area contributed by atoms with Gasteiger partial charge in [0.15, 0.2) is 0 Å². The Morgan fingerprint density at radius 3 is 1.92 bits per heavy atom. The van der Waals surface area contributed by atoms with Crippen LogP contribution in [0, 0.1) is 0 Å². The van der Waals surface area contributed by atoms with E-state index in [0.29, 0.717) is 5.92 Å². The van der Waals surface area contributed by atoms with Crippen LogP contribution >= 0.6 is 0 Å². The third kappa shape index (κ3) is 5.07. The Morgan fingerprint density at radius 1 is 0.529 bits per heavy atom. The van der Waals surface area contributed by atoms with E-state index < -0.39 is 0 Å². The van der Waals surface area contributed by atoms with Gasteiger partial charge in [-0.25, -0.2) is 4.98 Å². The lowest BCUT2D eigenvalue weighted by molar-refractivity contribution is 0.794. The van der Waals surface area contributed by atoms with E-state index in [0.717, 1.165) is 45.7 Å². The zero-order valence-corrected chi connectivity index (χ0v) is 28.1. The molecule has 0 fully saturated rings. The van der Waals surface area contributed by atoms with Crippen molar-refractivity contribution in [3.63, 3.8) is 0 Å². The summed E-state index contributed by atoms with van der Waals surface area (Å²) in [5, 5.41) is 2.59. The lowest BCUT2D eigenvalue weighted by Gasteiger charge is -2.33. The zero-order chi connectivity index (χ0) is 33.7. The van der Waals surface area contributed by atoms with Crippen LogP contribution in [0.25, 0.3) is 61.6 Å². The molecule has 2 nitrogen and oxygen atoms in total. The molecular formula is C49H34N2. The summed E-state index contributed by atoms with van der Waals surface area (Å²) in [6.45, 7) is 0. The largest absolute Gasteiger partial charge is 0.316 e. The van der Waals surface area contributed by atoms with Crippen molar-refractivity contribution >= 4 is 28.2 Å². The maximum Gasteiger partial charge on any atom is 0.0715 e. The van der Waals surface area contributed by atoms with Crippen molar-refractivity contribution in [3.05, 3.63) is 204 Å². The first-order valence-electron chi connectivity index (χ1n) is 17.7. The van der Waals surface area contributed by atoms with E-state index >= 15 is 0 Å². The number of aromatic nitrogens is 1. The Hall–Kier alpha value is -6.51. The van der Waals surface area contributed by atoms with Crippen molar-refractivity contribution in [1.82, 2.24) is 4.98 Å². The number of hydrogen-bond acceptors (Lipinski definition) is 2. The molecule has 240 valence electrons. The molecule has 0 bridgehead atoms. The minimum Gasteiger partial charge on any atom is -0.316 e. The molecule has 1 atom stereocenters. The maximum atomic E-state index is 5.11. The molecule has 0 saturated heterocycles. The van der Waals surface area contributed by atoms with Gasteiger partial charge in [-0.15, -0.1) is 0 Å². The second-order valence-corrected chi connectivity index (χ2v) is 13.5. The fourth-order valence-electron chi connectivity index (χ4n) is 8.22. The molecule has 0 radical (unpaired) electrons. The minimum absolute atomic E-state index is 0.340. The summed E-state index contributed by atoms with van der Waals surface area (Å²) in [6, 6.07) is 63.5. The summed E-state index contributed by atoms with van der Waals surface area (Å²) < 4.78 is 0. The Bertz CT molecular complexity index is 2550. The van der Waals surface area contributed by atoms with E-state index in [1.807, 2.05) is 0 Å². The standard InChI is InChI=1S/C49H34N2/c1-4-14-33(15-5-1)44-30-39-28-37-21-13-25-47-49(37)43(48(39)42-24-11-10-23-41(42)44)26-27-51(47)40-22-12-20-36(29-40)38-31-45(34-16-6-2-7-17-34)50-46(32-38)35-18-8-3-9-19-35/h1-29,31-32,44H,30H2/t44-/m0/s1. The highest BCUT2D eigenvalue weighted by Crippen LogP contribution is 2.50. The van der Waals surface area contributed by atoms with Crippen LogP contribution in [0.4, 0.5) is 11.4 Å². The van der Waals surface area contributed by atoms with Gasteiger partial charge in [0.05, 0.1) is 17.1 Å². The fraction of sp³-hybridized carbons (Fsp3) is 0.0408. The van der Waals surface area contributed by atoms with Crippen LogP contribution in [0.2, 0.25) is 0 Å². The summed E-state index contributed by atoms with van der Waals surface area (Å²) in [4.78, 5) is 7.47. The Balaban J connectivity index is 1.09. The van der Waals surface area contributed by atoms with Crippen molar-refractivity contribution in [2.45, 2.75) is 12.3 Å². The van der Waals surface area contributed by atoms with Gasteiger partial charge in [0.1, 0.15) is 0 Å². The minimum atomic E-state index is 0.340. The van der Waals surface area contributed by atoms with Gasteiger partial charge in [-0.05, 0) is 92.7 Å². The first-order chi connectivity index (χ1) is 25.3. The van der Waals surface area contributed by atoms with Gasteiger partial charge in [0.2, 0.25) is 0 Å². The summed E-state index contributed by atoms with van der Waals surface area (Å²) >= 11 is 0. The summed E-state index contributed by atoms with van der Waals surface area (Å²) in [7, 11) is 0. The number of nitrogens with zero attached hydrogens (tertiary/aromatic N) is 2. The number of anilines is 2. The summed E-state index contributed by atoms with van der Waals surface area (Å²) in [6.07, 6.45) is 5.60. The second kappa shape index (κ2) is 12.1. The monoisotopic (exact) mass is 650 g/mol. The quantitative estimate of drug-likeness (QED) is 0.184. The molecule has 1 aromatic heterocycles. The molecular weight excluding hydrogens is 617 g/mol. The van der Waals surface area contributed by atoms with Gasteiger partial charge in [-0.1, -0.05) is 146 Å². The average Bonchev–Trinajstić information content (AvgIpc) is 3.21. The highest BCUT2D eigenvalue weighted by molar-refractivity contribution is 6.10. The Kier molecular flexibility index (Phi) is 6.99. The van der Waals surface area contributed by atoms with Gasteiger partial charge >= 0.3 is 0 Å². The average molecular weight is 651 g/mol. The fourth-order valence-corrected chi connectivity index (χ4v) is 8.22. The number of fused-ring (bicyclic) bond motifs is 4. The first kappa shape index (κ1) is 29.4. The van der Waals surface area contributed by atoms with Crippen LogP contribution in [0.1, 0.15) is 28.2 Å². The molecule has 2 heterocycles. The smallest absolute Gasteiger partial charge is 0.0715 e. The molecule has 0 spiro atoms. The molecule has 0 unspecified atom stereocenters. The van der Waals surface area contributed by atoms with Crippen LogP contribution in [0.3, 0.4) is 0 Å². The van der Waals surface area contributed by atoms with E-state index in [1.54, 1.807) is 0 Å². The molecule has 0 saturated carbocycles. The number of hydrogen-bond donors (Lipinski definition) is 0. The van der Waals surface area contributed by atoms with E-state index in [2.05, 4.69) is 193 Å². The first-order valence-corrected chi connectivity index (χ1v) is 17.7. The molecule has 0 N–H and O–H groups in total. The maximum absolute atomic E-state index is 5.11. The summed E-state index contributed by atoms with van der Waals surface area (Å²) in [5.74, 6) is 0.340. The Labute approximate surface area is 298 Å². The molecule has 0 amide bonds. The van der Waals surface area contributed by atoms with E-state index in [4.69, 9.17) is 4.98 Å². The van der Waals surface area contributed by atoms with Gasteiger partial charge in [0, 0.05) is 34.3 Å². The van der Waals surface area contributed by atoms with Crippen LogP contribution < -0.4 is 4.90 Å². The Morgan fingerprint density at radius 2 is 1.18 bits per heavy atom. The van der Waals surface area contributed by atoms with Crippen molar-refractivity contribution in [2.75, 3.05) is 4.90 Å². The van der Waals surface area contributed by atoms with Crippen LogP contribution in [0.15, 0.2) is 182 Å². The SMILES string of the molecule is C1=CN(c2cccc(-c3cc(-c4ccccc4)nc(-c4ccccc4)c3)c2)c2cccc3cc4c(c1c23)-c1ccccc1[C@H](c1ccccc1)C4. The highest BCUT2D eigenvalue weighted by Gasteiger charge is 2.30. The van der Waals surface area contributed by atoms with Gasteiger partial charge in [-0.2, -0.15) is 0 Å². The molecule has 2 aliphatic rings. The highest BCUT2D eigenvalue weighted by atomic mass is 15.1. The number of benzene rings is 7. The molecule has 10 rings (SSSR count). The van der Waals surface area contributed by atoms with Crippen LogP contribution in [-0.2, 0) is 6.42 Å². The molecule has 51 heavy (non-hydrogen) atoms. The van der Waals surface area contributed by atoms with Crippen molar-refractivity contribution in [3.8, 4) is 44.8 Å². The predicted octanol–water partition coefficient (Wildman–Crippen LogP) is 12.7. The van der Waals surface area contributed by atoms with E-state index in [1.165, 1.54) is 49.8 Å². The number of pyridine rings is 1. The lowest BCUT2D eigenvalue weighted by atomic mass is 9.73. The van der Waals surface area contributed by atoms with E-state index in [-0.39, 0.29) is 0 Å². The molecule has 8 aromatic rings. The number of rotatable bonds is 5. The van der Waals surface area contributed by atoms with Crippen molar-refractivity contribution < 1.29 is 0 Å². The van der Waals surface area contributed by atoms with E-state index in [9.17, 15) is 0 Å². The third-order valence-corrected chi connectivity index (χ3v) is 10.6. The molecule has 2 heteroatoms. The normalized spacial score (nSPS) is 14.3. The van der Waals surface area contributed by atoms with Gasteiger partial charge in [-0.3, -0.25) is 0 Å². The van der Waals surface area contributed by atoms with Crippen molar-refractivity contribution in [2.24, 2.45) is 0 Å².